The van der Waals surface area contributed by atoms with E-state index in [9.17, 15) is 23.3 Å². The Balaban J connectivity index is 2.09. The molecule has 0 aliphatic carbocycles. The number of nitro benzene ring substituents is 1. The molecular formula is C15H10F3N5O3. The van der Waals surface area contributed by atoms with Crippen LogP contribution < -0.4 is 5.73 Å². The second-order valence-corrected chi connectivity index (χ2v) is 5.37. The lowest BCUT2D eigenvalue weighted by Gasteiger charge is -2.07. The van der Waals surface area contributed by atoms with Gasteiger partial charge in [0.15, 0.2) is 0 Å². The van der Waals surface area contributed by atoms with Gasteiger partial charge in [0, 0.05) is 29.0 Å². The molecule has 0 saturated heterocycles. The van der Waals surface area contributed by atoms with Gasteiger partial charge in [-0.2, -0.15) is 18.2 Å². The fourth-order valence-corrected chi connectivity index (χ4v) is 2.29. The molecule has 0 fully saturated rings. The highest BCUT2D eigenvalue weighted by Gasteiger charge is 2.33. The number of anilines is 1. The summed E-state index contributed by atoms with van der Waals surface area (Å²) in [4.78, 5) is 18.0. The molecule has 0 amide bonds. The summed E-state index contributed by atoms with van der Waals surface area (Å²) in [6.07, 6.45) is -4.76. The van der Waals surface area contributed by atoms with Crippen molar-refractivity contribution in [2.45, 2.75) is 13.1 Å². The van der Waals surface area contributed by atoms with Crippen LogP contribution in [0.15, 0.2) is 34.9 Å². The number of aromatic nitrogens is 3. The summed E-state index contributed by atoms with van der Waals surface area (Å²) in [5, 5.41) is 14.6. The zero-order chi connectivity index (χ0) is 19.1. The molecule has 0 aliphatic heterocycles. The highest BCUT2D eigenvalue weighted by Crippen LogP contribution is 2.35. The second kappa shape index (κ2) is 6.10. The molecule has 0 bridgehead atoms. The third-order valence-corrected chi connectivity index (χ3v) is 3.36. The van der Waals surface area contributed by atoms with Gasteiger partial charge in [-0.05, 0) is 25.1 Å². The third kappa shape index (κ3) is 3.45. The molecule has 2 heterocycles. The lowest BCUT2D eigenvalue weighted by atomic mass is 10.1. The Bertz CT molecular complexity index is 980. The number of benzene rings is 1. The van der Waals surface area contributed by atoms with Gasteiger partial charge in [0.1, 0.15) is 5.82 Å². The summed E-state index contributed by atoms with van der Waals surface area (Å²) in [5.41, 5.74) is 4.53. The molecule has 26 heavy (non-hydrogen) atoms. The number of alkyl halides is 3. The van der Waals surface area contributed by atoms with Gasteiger partial charge in [0.05, 0.1) is 10.5 Å². The molecule has 3 aromatic rings. The van der Waals surface area contributed by atoms with E-state index in [1.807, 2.05) is 0 Å². The molecule has 1 aromatic carbocycles. The molecule has 0 unspecified atom stereocenters. The Kier molecular flexibility index (Phi) is 4.06. The Hall–Kier alpha value is -3.50. The maximum Gasteiger partial charge on any atom is 0.416 e. The highest BCUT2D eigenvalue weighted by atomic mass is 19.4. The van der Waals surface area contributed by atoms with Crippen LogP contribution in [0, 0.1) is 17.0 Å². The molecule has 11 heteroatoms. The number of nitrogens with zero attached hydrogens (tertiary/aromatic N) is 4. The largest absolute Gasteiger partial charge is 0.416 e. The number of halogens is 3. The van der Waals surface area contributed by atoms with Crippen LogP contribution in [0.2, 0.25) is 0 Å². The van der Waals surface area contributed by atoms with Crippen molar-refractivity contribution >= 4 is 11.5 Å². The van der Waals surface area contributed by atoms with Crippen molar-refractivity contribution in [3.63, 3.8) is 0 Å². The zero-order valence-corrected chi connectivity index (χ0v) is 13.1. The monoisotopic (exact) mass is 365 g/mol. The molecule has 0 radical (unpaired) electrons. The maximum absolute atomic E-state index is 13.0. The van der Waals surface area contributed by atoms with Gasteiger partial charge in [-0.15, -0.1) is 0 Å². The van der Waals surface area contributed by atoms with Crippen molar-refractivity contribution in [2.75, 3.05) is 5.73 Å². The molecule has 2 N–H and O–H groups in total. The molecule has 0 aliphatic rings. The number of aryl methyl sites for hydroxylation is 1. The first-order valence-corrected chi connectivity index (χ1v) is 7.09. The highest BCUT2D eigenvalue weighted by molar-refractivity contribution is 5.64. The SMILES string of the molecule is Cc1cc(-c2noc(-c3cc([N+](=O)[O-])cc(C(F)(F)F)c3)n2)cc(N)n1. The van der Waals surface area contributed by atoms with Crippen LogP contribution in [0.25, 0.3) is 22.8 Å². The molecule has 3 rings (SSSR count). The van der Waals surface area contributed by atoms with Crippen molar-refractivity contribution in [3.8, 4) is 22.8 Å². The summed E-state index contributed by atoms with van der Waals surface area (Å²) in [5.74, 6) is -0.0134. The molecule has 0 saturated carbocycles. The summed E-state index contributed by atoms with van der Waals surface area (Å²) in [6, 6.07) is 5.15. The Morgan fingerprint density at radius 1 is 1.12 bits per heavy atom. The number of nitrogen functional groups attached to an aromatic ring is 1. The van der Waals surface area contributed by atoms with Crippen molar-refractivity contribution in [3.05, 3.63) is 51.7 Å². The lowest BCUT2D eigenvalue weighted by Crippen LogP contribution is -2.06. The Morgan fingerprint density at radius 3 is 2.46 bits per heavy atom. The zero-order valence-electron chi connectivity index (χ0n) is 13.1. The Labute approximate surface area is 143 Å². The van der Waals surface area contributed by atoms with Gasteiger partial charge in [0.25, 0.3) is 11.6 Å². The predicted molar refractivity (Wildman–Crippen MR) is 83.8 cm³/mol. The third-order valence-electron chi connectivity index (χ3n) is 3.36. The lowest BCUT2D eigenvalue weighted by molar-refractivity contribution is -0.385. The van der Waals surface area contributed by atoms with Crippen molar-refractivity contribution in [2.24, 2.45) is 0 Å². The van der Waals surface area contributed by atoms with E-state index >= 15 is 0 Å². The normalized spacial score (nSPS) is 11.5. The minimum Gasteiger partial charge on any atom is -0.384 e. The summed E-state index contributed by atoms with van der Waals surface area (Å²) >= 11 is 0. The average Bonchev–Trinajstić information content (AvgIpc) is 3.02. The van der Waals surface area contributed by atoms with Gasteiger partial charge in [-0.3, -0.25) is 10.1 Å². The van der Waals surface area contributed by atoms with Crippen LogP contribution in [-0.4, -0.2) is 20.0 Å². The first-order valence-electron chi connectivity index (χ1n) is 7.09. The fourth-order valence-electron chi connectivity index (χ4n) is 2.29. The summed E-state index contributed by atoms with van der Waals surface area (Å²) in [6.45, 7) is 1.69. The van der Waals surface area contributed by atoms with Crippen molar-refractivity contribution in [1.82, 2.24) is 15.1 Å². The van der Waals surface area contributed by atoms with E-state index in [4.69, 9.17) is 10.3 Å². The molecule has 0 spiro atoms. The van der Waals surface area contributed by atoms with Gasteiger partial charge < -0.3 is 10.3 Å². The number of rotatable bonds is 3. The molecular weight excluding hydrogens is 355 g/mol. The first-order chi connectivity index (χ1) is 12.1. The Morgan fingerprint density at radius 2 is 1.85 bits per heavy atom. The quantitative estimate of drug-likeness (QED) is 0.556. The van der Waals surface area contributed by atoms with Gasteiger partial charge in [0.2, 0.25) is 5.82 Å². The van der Waals surface area contributed by atoms with Gasteiger partial charge >= 0.3 is 6.18 Å². The maximum atomic E-state index is 13.0. The van der Waals surface area contributed by atoms with Crippen LogP contribution in [-0.2, 0) is 6.18 Å². The summed E-state index contributed by atoms with van der Waals surface area (Å²) < 4.78 is 43.9. The second-order valence-electron chi connectivity index (χ2n) is 5.37. The average molecular weight is 365 g/mol. The standard InChI is InChI=1S/C15H10F3N5O3/c1-7-2-8(5-12(19)20-7)13-21-14(26-22-13)9-3-10(15(16,17)18)6-11(4-9)23(24)25/h2-6H,1H3,(H2,19,20). The topological polar surface area (TPSA) is 121 Å². The molecule has 2 aromatic heterocycles. The van der Waals surface area contributed by atoms with Crippen LogP contribution in [0.1, 0.15) is 11.3 Å². The van der Waals surface area contributed by atoms with Crippen molar-refractivity contribution < 1.29 is 22.6 Å². The number of nitrogens with two attached hydrogens (primary N) is 1. The van der Waals surface area contributed by atoms with Gasteiger partial charge in [-0.1, -0.05) is 5.16 Å². The summed E-state index contributed by atoms with van der Waals surface area (Å²) in [7, 11) is 0. The number of hydrogen-bond acceptors (Lipinski definition) is 7. The van der Waals surface area contributed by atoms with Crippen LogP contribution in [0.4, 0.5) is 24.7 Å². The fraction of sp³-hybridized carbons (Fsp3) is 0.133. The van der Waals surface area contributed by atoms with Crippen LogP contribution in [0.5, 0.6) is 0 Å². The molecule has 134 valence electrons. The first kappa shape index (κ1) is 17.3. The number of hydrogen-bond donors (Lipinski definition) is 1. The number of non-ortho nitro benzene ring substituents is 1. The van der Waals surface area contributed by atoms with E-state index in [0.29, 0.717) is 23.4 Å². The minimum atomic E-state index is -4.76. The van der Waals surface area contributed by atoms with Crippen molar-refractivity contribution in [1.29, 1.82) is 0 Å². The van der Waals surface area contributed by atoms with E-state index in [1.165, 1.54) is 6.07 Å². The molecule has 8 nitrogen and oxygen atoms in total. The van der Waals surface area contributed by atoms with E-state index in [1.54, 1.807) is 13.0 Å². The van der Waals surface area contributed by atoms with E-state index in [-0.39, 0.29) is 23.1 Å². The van der Waals surface area contributed by atoms with E-state index in [0.717, 1.165) is 6.07 Å². The van der Waals surface area contributed by atoms with E-state index < -0.39 is 22.4 Å². The minimum absolute atomic E-state index is 0.0669. The number of pyridine rings is 1. The molecule has 0 atom stereocenters. The van der Waals surface area contributed by atoms with Crippen LogP contribution >= 0.6 is 0 Å². The van der Waals surface area contributed by atoms with E-state index in [2.05, 4.69) is 15.1 Å². The van der Waals surface area contributed by atoms with Gasteiger partial charge in [-0.25, -0.2) is 4.98 Å². The number of nitro groups is 1. The predicted octanol–water partition coefficient (Wildman–Crippen LogP) is 3.62. The van der Waals surface area contributed by atoms with Crippen LogP contribution in [0.3, 0.4) is 0 Å². The smallest absolute Gasteiger partial charge is 0.384 e.